The molecule has 58 heavy (non-hydrogen) atoms. The lowest BCUT2D eigenvalue weighted by molar-refractivity contribution is -0.227. The predicted molar refractivity (Wildman–Crippen MR) is 211 cm³/mol. The van der Waals surface area contributed by atoms with Gasteiger partial charge in [-0.25, -0.2) is 24.0 Å². The minimum atomic E-state index is -1.47. The third-order valence-corrected chi connectivity index (χ3v) is 8.99. The zero-order valence-electron chi connectivity index (χ0n) is 31.3. The molecule has 5 atom stereocenters. The second-order valence-electron chi connectivity index (χ2n) is 13.0. The molecule has 5 aromatic carbocycles. The van der Waals surface area contributed by atoms with Crippen molar-refractivity contribution in [3.63, 3.8) is 0 Å². The predicted octanol–water partition coefficient (Wildman–Crippen LogP) is 7.16. The van der Waals surface area contributed by atoms with Crippen LogP contribution in [0.1, 0.15) is 53.4 Å². The van der Waals surface area contributed by atoms with E-state index in [4.69, 9.17) is 28.4 Å². The largest absolute Gasteiger partial charge is 0.459 e. The first-order valence-corrected chi connectivity index (χ1v) is 18.6. The first-order chi connectivity index (χ1) is 28.4. The molecular weight excluding hydrogens is 743 g/mol. The molecule has 0 unspecified atom stereocenters. The van der Waals surface area contributed by atoms with E-state index in [-0.39, 0.29) is 41.8 Å². The molecule has 1 saturated heterocycles. The van der Waals surface area contributed by atoms with Crippen molar-refractivity contribution in [2.24, 2.45) is 0 Å². The Morgan fingerprint density at radius 1 is 0.483 bits per heavy atom. The lowest BCUT2D eigenvalue weighted by Crippen LogP contribution is -2.62. The van der Waals surface area contributed by atoms with E-state index in [2.05, 4.69) is 5.32 Å². The van der Waals surface area contributed by atoms with Gasteiger partial charge in [-0.2, -0.15) is 0 Å². The Balaban J connectivity index is 1.30. The smallest absolute Gasteiger partial charge is 0.407 e. The van der Waals surface area contributed by atoms with Gasteiger partial charge in [0.05, 0.1) is 22.3 Å². The summed E-state index contributed by atoms with van der Waals surface area (Å²) in [5.41, 5.74) is 1.68. The minimum absolute atomic E-state index is 0.0509. The Kier molecular flexibility index (Phi) is 14.5. The van der Waals surface area contributed by atoms with Gasteiger partial charge in [0.15, 0.2) is 18.3 Å². The summed E-state index contributed by atoms with van der Waals surface area (Å²) in [7, 11) is 0. The molecule has 296 valence electrons. The Bertz CT molecular complexity index is 2130. The number of rotatable bonds is 15. The van der Waals surface area contributed by atoms with Gasteiger partial charge in [-0.15, -0.1) is 0 Å². The fourth-order valence-electron chi connectivity index (χ4n) is 6.08. The first kappa shape index (κ1) is 40.6. The normalized spacial score (nSPS) is 18.7. The first-order valence-electron chi connectivity index (χ1n) is 18.6. The highest BCUT2D eigenvalue weighted by Crippen LogP contribution is 2.32. The Labute approximate surface area is 335 Å². The third-order valence-electron chi connectivity index (χ3n) is 8.99. The number of benzene rings is 5. The van der Waals surface area contributed by atoms with E-state index in [1.165, 1.54) is 0 Å². The third kappa shape index (κ3) is 11.5. The van der Waals surface area contributed by atoms with Gasteiger partial charge < -0.3 is 33.7 Å². The molecule has 0 spiro atoms. The molecule has 0 radical (unpaired) electrons. The number of amides is 1. The number of hydrogen-bond donors (Lipinski definition) is 1. The zero-order chi connectivity index (χ0) is 40.5. The van der Waals surface area contributed by atoms with E-state index < -0.39 is 67.1 Å². The molecule has 1 heterocycles. The number of hydrogen-bond acceptors (Lipinski definition) is 11. The van der Waals surface area contributed by atoms with Crippen LogP contribution < -0.4 is 5.32 Å². The summed E-state index contributed by atoms with van der Waals surface area (Å²) < 4.78 is 35.8. The SMILES string of the molecule is O=C(NC/C=C/C[C@H]1O[C@H](COC(=O)c2ccccc2)[C@@H](OC(=O)c2ccccc2)[C@H](OC(=O)c2ccccc2)[C@@H]1OC(=O)c1ccccc1)OCc1ccccc1. The summed E-state index contributed by atoms with van der Waals surface area (Å²) in [5.74, 6) is -3.00. The topological polar surface area (TPSA) is 153 Å². The Hall–Kier alpha value is -7.05. The summed E-state index contributed by atoms with van der Waals surface area (Å²) in [6, 6.07) is 42.0. The van der Waals surface area contributed by atoms with Crippen LogP contribution in [0.2, 0.25) is 0 Å². The number of carbonyl (C=O) groups excluding carboxylic acids is 5. The molecule has 0 bridgehead atoms. The van der Waals surface area contributed by atoms with E-state index in [0.29, 0.717) is 0 Å². The quantitative estimate of drug-likeness (QED) is 0.0654. The van der Waals surface area contributed by atoms with Gasteiger partial charge in [0.1, 0.15) is 25.4 Å². The molecule has 12 heteroatoms. The molecule has 1 amide bonds. The van der Waals surface area contributed by atoms with Gasteiger partial charge >= 0.3 is 30.0 Å². The number of ether oxygens (including phenoxy) is 6. The highest BCUT2D eigenvalue weighted by atomic mass is 16.7. The van der Waals surface area contributed by atoms with Crippen molar-refractivity contribution in [2.45, 2.75) is 43.5 Å². The average Bonchev–Trinajstić information content (AvgIpc) is 3.27. The molecule has 1 fully saturated rings. The molecule has 1 N–H and O–H groups in total. The van der Waals surface area contributed by atoms with Crippen LogP contribution in [0, 0.1) is 0 Å². The lowest BCUT2D eigenvalue weighted by atomic mass is 9.92. The van der Waals surface area contributed by atoms with Crippen LogP contribution in [0.15, 0.2) is 164 Å². The van der Waals surface area contributed by atoms with Crippen LogP contribution in [0.3, 0.4) is 0 Å². The summed E-state index contributed by atoms with van der Waals surface area (Å²) in [4.78, 5) is 66.7. The number of esters is 4. The fourth-order valence-corrected chi connectivity index (χ4v) is 6.08. The Morgan fingerprint density at radius 3 is 1.38 bits per heavy atom. The van der Waals surface area contributed by atoms with E-state index in [0.717, 1.165) is 5.56 Å². The van der Waals surface area contributed by atoms with Gasteiger partial charge in [-0.1, -0.05) is 115 Å². The maximum absolute atomic E-state index is 13.8. The summed E-state index contributed by atoms with van der Waals surface area (Å²) in [6.45, 7) is -0.263. The second-order valence-corrected chi connectivity index (χ2v) is 13.0. The molecule has 6 rings (SSSR count). The highest BCUT2D eigenvalue weighted by molar-refractivity contribution is 5.91. The van der Waals surface area contributed by atoms with Crippen LogP contribution in [0.5, 0.6) is 0 Å². The van der Waals surface area contributed by atoms with Gasteiger partial charge in [0, 0.05) is 6.54 Å². The van der Waals surface area contributed by atoms with E-state index in [1.54, 1.807) is 133 Å². The maximum Gasteiger partial charge on any atom is 0.407 e. The number of alkyl carbamates (subject to hydrolysis) is 1. The average molecular weight is 784 g/mol. The molecular formula is C46H41NO11. The minimum Gasteiger partial charge on any atom is -0.459 e. The zero-order valence-corrected chi connectivity index (χ0v) is 31.3. The van der Waals surface area contributed by atoms with Crippen LogP contribution in [0.25, 0.3) is 0 Å². The van der Waals surface area contributed by atoms with Crippen molar-refractivity contribution in [1.29, 1.82) is 0 Å². The standard InChI is InChI=1S/C46H41NO11/c48-42(33-20-8-2-9-21-33)53-31-38-40(57-44(50)35-24-12-4-13-25-35)41(58-45(51)36-26-14-5-15-27-36)39(56-43(49)34-22-10-3-11-23-34)37(55-38)28-16-17-29-47-46(52)54-30-32-18-6-1-7-19-32/h1-27,37-41H,28-31H2,(H,47,52)/b17-16+/t37-,38-,39-,40-,41-/m1/s1. The van der Waals surface area contributed by atoms with Gasteiger partial charge in [-0.05, 0) is 60.5 Å². The van der Waals surface area contributed by atoms with Crippen molar-refractivity contribution < 1.29 is 52.4 Å². The maximum atomic E-state index is 13.8. The summed E-state index contributed by atoms with van der Waals surface area (Å²) in [6.07, 6.45) is -3.78. The second kappa shape index (κ2) is 20.7. The van der Waals surface area contributed by atoms with Gasteiger partial charge in [-0.3, -0.25) is 0 Å². The van der Waals surface area contributed by atoms with Crippen molar-refractivity contribution in [1.82, 2.24) is 5.32 Å². The van der Waals surface area contributed by atoms with Crippen LogP contribution in [-0.2, 0) is 35.0 Å². The van der Waals surface area contributed by atoms with Crippen molar-refractivity contribution >= 4 is 30.0 Å². The van der Waals surface area contributed by atoms with Gasteiger partial charge in [0.2, 0.25) is 0 Å². The molecule has 0 aliphatic carbocycles. The van der Waals surface area contributed by atoms with E-state index in [9.17, 15) is 24.0 Å². The number of nitrogens with one attached hydrogen (secondary N) is 1. The summed E-state index contributed by atoms with van der Waals surface area (Å²) in [5, 5.41) is 2.65. The van der Waals surface area contributed by atoms with Crippen molar-refractivity contribution in [3.05, 3.63) is 192 Å². The highest BCUT2D eigenvalue weighted by Gasteiger charge is 2.52. The number of carbonyl (C=O) groups is 5. The van der Waals surface area contributed by atoms with Crippen molar-refractivity contribution in [2.75, 3.05) is 13.2 Å². The molecule has 0 aromatic heterocycles. The molecule has 1 aliphatic heterocycles. The summed E-state index contributed by atoms with van der Waals surface area (Å²) >= 11 is 0. The monoisotopic (exact) mass is 783 g/mol. The molecule has 1 aliphatic rings. The molecule has 12 nitrogen and oxygen atoms in total. The fraction of sp³-hybridized carbons (Fsp3) is 0.196. The van der Waals surface area contributed by atoms with Crippen LogP contribution >= 0.6 is 0 Å². The van der Waals surface area contributed by atoms with Crippen LogP contribution in [0.4, 0.5) is 4.79 Å². The van der Waals surface area contributed by atoms with Crippen molar-refractivity contribution in [3.8, 4) is 0 Å². The molecule has 0 saturated carbocycles. The Morgan fingerprint density at radius 2 is 0.897 bits per heavy atom. The van der Waals surface area contributed by atoms with Crippen LogP contribution in [-0.4, -0.2) is 73.6 Å². The van der Waals surface area contributed by atoms with E-state index in [1.807, 2.05) is 30.3 Å². The lowest BCUT2D eigenvalue weighted by Gasteiger charge is -2.44. The van der Waals surface area contributed by atoms with E-state index >= 15 is 0 Å². The van der Waals surface area contributed by atoms with Gasteiger partial charge in [0.25, 0.3) is 0 Å². The molecule has 5 aromatic rings.